The molecule has 0 radical (unpaired) electrons. The fraction of sp³-hybridized carbons (Fsp3) is 0.0625. The van der Waals surface area contributed by atoms with E-state index in [4.69, 9.17) is 5.11 Å². The molecule has 2 aromatic carbocycles. The van der Waals surface area contributed by atoms with Crippen LogP contribution in [0.25, 0.3) is 10.1 Å². The summed E-state index contributed by atoms with van der Waals surface area (Å²) in [6.45, 7) is 0.608. The highest BCUT2D eigenvalue weighted by Crippen LogP contribution is 2.24. The fourth-order valence-corrected chi connectivity index (χ4v) is 2.87. The first-order valence-electron chi connectivity index (χ1n) is 6.26. The molecular weight excluding hydrogens is 270 g/mol. The van der Waals surface area contributed by atoms with Gasteiger partial charge in [-0.25, -0.2) is 4.79 Å². The van der Waals surface area contributed by atoms with E-state index < -0.39 is 5.97 Å². The number of carbonyl (C=O) groups is 1. The van der Waals surface area contributed by atoms with Crippen molar-refractivity contribution in [3.63, 3.8) is 0 Å². The maximum Gasteiger partial charge on any atom is 0.335 e. The lowest BCUT2D eigenvalue weighted by Gasteiger charge is -2.07. The predicted octanol–water partition coefficient (Wildman–Crippen LogP) is 4.21. The van der Waals surface area contributed by atoms with Gasteiger partial charge in [0.05, 0.1) is 5.56 Å². The van der Waals surface area contributed by atoms with Gasteiger partial charge in [-0.2, -0.15) is 0 Å². The number of carboxylic acids is 1. The van der Waals surface area contributed by atoms with E-state index in [2.05, 4.69) is 28.9 Å². The van der Waals surface area contributed by atoms with Crippen molar-refractivity contribution in [2.75, 3.05) is 5.32 Å². The van der Waals surface area contributed by atoms with Crippen molar-refractivity contribution in [1.82, 2.24) is 0 Å². The van der Waals surface area contributed by atoms with Crippen LogP contribution in [0.1, 0.15) is 15.9 Å². The zero-order valence-corrected chi connectivity index (χ0v) is 11.5. The minimum absolute atomic E-state index is 0.317. The van der Waals surface area contributed by atoms with Crippen LogP contribution in [0.3, 0.4) is 0 Å². The molecule has 0 aliphatic carbocycles. The predicted molar refractivity (Wildman–Crippen MR) is 82.6 cm³/mol. The van der Waals surface area contributed by atoms with Crippen LogP contribution in [0.15, 0.2) is 53.9 Å². The number of fused-ring (bicyclic) bond motifs is 1. The van der Waals surface area contributed by atoms with Gasteiger partial charge in [-0.05, 0) is 52.7 Å². The monoisotopic (exact) mass is 283 g/mol. The second kappa shape index (κ2) is 5.35. The van der Waals surface area contributed by atoms with Crippen LogP contribution in [-0.2, 0) is 6.54 Å². The number of carboxylic acid groups (broad SMARTS) is 1. The van der Waals surface area contributed by atoms with E-state index in [1.54, 1.807) is 29.5 Å². The molecule has 0 saturated carbocycles. The molecule has 4 heteroatoms. The van der Waals surface area contributed by atoms with E-state index in [0.29, 0.717) is 12.1 Å². The van der Waals surface area contributed by atoms with Crippen molar-refractivity contribution in [2.45, 2.75) is 6.54 Å². The molecule has 0 unspecified atom stereocenters. The minimum Gasteiger partial charge on any atom is -0.478 e. The molecule has 1 heterocycles. The molecule has 0 spiro atoms. The summed E-state index contributed by atoms with van der Waals surface area (Å²) in [7, 11) is 0. The molecule has 100 valence electrons. The van der Waals surface area contributed by atoms with Crippen LogP contribution in [0.5, 0.6) is 0 Å². The van der Waals surface area contributed by atoms with Gasteiger partial charge in [0, 0.05) is 16.9 Å². The van der Waals surface area contributed by atoms with Crippen LogP contribution in [0, 0.1) is 0 Å². The SMILES string of the molecule is O=C(O)c1cccc(CNc2ccc3sccc3c2)c1. The van der Waals surface area contributed by atoms with E-state index in [0.717, 1.165) is 11.3 Å². The first-order valence-corrected chi connectivity index (χ1v) is 7.14. The van der Waals surface area contributed by atoms with Gasteiger partial charge in [0.2, 0.25) is 0 Å². The van der Waals surface area contributed by atoms with Gasteiger partial charge in [0.1, 0.15) is 0 Å². The van der Waals surface area contributed by atoms with Gasteiger partial charge in [-0.15, -0.1) is 11.3 Å². The Morgan fingerprint density at radius 3 is 2.90 bits per heavy atom. The van der Waals surface area contributed by atoms with E-state index >= 15 is 0 Å². The highest BCUT2D eigenvalue weighted by molar-refractivity contribution is 7.17. The standard InChI is InChI=1S/C16H13NO2S/c18-16(19)13-3-1-2-11(8-13)10-17-14-4-5-15-12(9-14)6-7-20-15/h1-9,17H,10H2,(H,18,19). The summed E-state index contributed by atoms with van der Waals surface area (Å²) < 4.78 is 1.27. The van der Waals surface area contributed by atoms with Gasteiger partial charge in [-0.3, -0.25) is 0 Å². The van der Waals surface area contributed by atoms with E-state index in [1.807, 2.05) is 12.1 Å². The average molecular weight is 283 g/mol. The lowest BCUT2D eigenvalue weighted by atomic mass is 10.1. The Morgan fingerprint density at radius 1 is 1.15 bits per heavy atom. The topological polar surface area (TPSA) is 49.3 Å². The second-order valence-electron chi connectivity index (χ2n) is 4.53. The molecule has 3 rings (SSSR count). The number of anilines is 1. The third-order valence-electron chi connectivity index (χ3n) is 3.12. The van der Waals surface area contributed by atoms with Crippen molar-refractivity contribution >= 4 is 33.1 Å². The Morgan fingerprint density at radius 2 is 2.05 bits per heavy atom. The fourth-order valence-electron chi connectivity index (χ4n) is 2.10. The molecule has 3 aromatic rings. The summed E-state index contributed by atoms with van der Waals surface area (Å²) in [6, 6.07) is 15.3. The highest BCUT2D eigenvalue weighted by atomic mass is 32.1. The normalized spacial score (nSPS) is 10.6. The zero-order chi connectivity index (χ0) is 13.9. The number of hydrogen-bond donors (Lipinski definition) is 2. The summed E-state index contributed by atoms with van der Waals surface area (Å²) in [6.07, 6.45) is 0. The van der Waals surface area contributed by atoms with Crippen LogP contribution in [-0.4, -0.2) is 11.1 Å². The first-order chi connectivity index (χ1) is 9.72. The summed E-state index contributed by atoms with van der Waals surface area (Å²) in [5.41, 5.74) is 2.31. The largest absolute Gasteiger partial charge is 0.478 e. The molecule has 0 saturated heterocycles. The molecule has 0 aliphatic rings. The van der Waals surface area contributed by atoms with Crippen LogP contribution in [0.2, 0.25) is 0 Å². The molecule has 0 bridgehead atoms. The highest BCUT2D eigenvalue weighted by Gasteiger charge is 2.03. The Balaban J connectivity index is 1.75. The maximum absolute atomic E-state index is 10.9. The Bertz CT molecular complexity index is 764. The molecule has 3 nitrogen and oxygen atoms in total. The first kappa shape index (κ1) is 12.7. The third kappa shape index (κ3) is 2.65. The van der Waals surface area contributed by atoms with Gasteiger partial charge in [0.15, 0.2) is 0 Å². The number of thiophene rings is 1. The maximum atomic E-state index is 10.9. The second-order valence-corrected chi connectivity index (χ2v) is 5.48. The van der Waals surface area contributed by atoms with Crippen molar-refractivity contribution in [3.05, 3.63) is 65.0 Å². The molecule has 0 amide bonds. The zero-order valence-electron chi connectivity index (χ0n) is 10.7. The van der Waals surface area contributed by atoms with Crippen LogP contribution >= 0.6 is 11.3 Å². The minimum atomic E-state index is -0.897. The summed E-state index contributed by atoms with van der Waals surface area (Å²) in [5, 5.41) is 15.6. The van der Waals surface area contributed by atoms with Gasteiger partial charge in [-0.1, -0.05) is 12.1 Å². The molecule has 0 aliphatic heterocycles. The third-order valence-corrected chi connectivity index (χ3v) is 4.02. The van der Waals surface area contributed by atoms with E-state index in [9.17, 15) is 4.79 Å². The van der Waals surface area contributed by atoms with Crippen molar-refractivity contribution in [2.24, 2.45) is 0 Å². The van der Waals surface area contributed by atoms with Crippen molar-refractivity contribution in [3.8, 4) is 0 Å². The molecular formula is C16H13NO2S. The number of benzene rings is 2. The quantitative estimate of drug-likeness (QED) is 0.754. The van der Waals surface area contributed by atoms with Crippen molar-refractivity contribution in [1.29, 1.82) is 0 Å². The molecule has 1 aromatic heterocycles. The van der Waals surface area contributed by atoms with Gasteiger partial charge >= 0.3 is 5.97 Å². The number of hydrogen-bond acceptors (Lipinski definition) is 3. The molecule has 20 heavy (non-hydrogen) atoms. The van der Waals surface area contributed by atoms with Crippen LogP contribution < -0.4 is 5.32 Å². The lowest BCUT2D eigenvalue weighted by Crippen LogP contribution is -2.02. The van der Waals surface area contributed by atoms with Crippen molar-refractivity contribution < 1.29 is 9.90 Å². The van der Waals surface area contributed by atoms with Gasteiger partial charge in [0.25, 0.3) is 0 Å². The lowest BCUT2D eigenvalue weighted by molar-refractivity contribution is 0.0697. The van der Waals surface area contributed by atoms with Crippen LogP contribution in [0.4, 0.5) is 5.69 Å². The molecule has 2 N–H and O–H groups in total. The van der Waals surface area contributed by atoms with Gasteiger partial charge < -0.3 is 10.4 Å². The van der Waals surface area contributed by atoms with E-state index in [1.165, 1.54) is 10.1 Å². The number of rotatable bonds is 4. The average Bonchev–Trinajstić information content (AvgIpc) is 2.93. The van der Waals surface area contributed by atoms with E-state index in [-0.39, 0.29) is 0 Å². The summed E-state index contributed by atoms with van der Waals surface area (Å²) in [4.78, 5) is 10.9. The Labute approximate surface area is 120 Å². The summed E-state index contributed by atoms with van der Waals surface area (Å²) in [5.74, 6) is -0.897. The number of aromatic carboxylic acids is 1. The Kier molecular flexibility index (Phi) is 3.39. The summed E-state index contributed by atoms with van der Waals surface area (Å²) >= 11 is 1.72. The smallest absolute Gasteiger partial charge is 0.335 e. The molecule has 0 fully saturated rings. The Hall–Kier alpha value is -2.33. The number of nitrogens with one attached hydrogen (secondary N) is 1. The molecule has 0 atom stereocenters.